The predicted molar refractivity (Wildman–Crippen MR) is 144 cm³/mol. The minimum absolute atomic E-state index is 0.0511. The minimum Gasteiger partial charge on any atom is -0.497 e. The molecule has 7 heteroatoms. The van der Waals surface area contributed by atoms with E-state index in [1.54, 1.807) is 14.2 Å². The molecule has 7 nitrogen and oxygen atoms in total. The Bertz CT molecular complexity index is 1040. The summed E-state index contributed by atoms with van der Waals surface area (Å²) >= 11 is 0. The number of hydrogen-bond acceptors (Lipinski definition) is 5. The molecular formula is C30H41N3O4. The average Bonchev–Trinajstić information content (AvgIpc) is 3.22. The van der Waals surface area contributed by atoms with E-state index in [1.165, 1.54) is 0 Å². The largest absolute Gasteiger partial charge is 0.497 e. The van der Waals surface area contributed by atoms with E-state index >= 15 is 0 Å². The molecule has 2 aromatic carbocycles. The number of ether oxygens (including phenoxy) is 2. The maximum absolute atomic E-state index is 13.4. The molecule has 2 aromatic rings. The molecule has 0 aromatic heterocycles. The van der Waals surface area contributed by atoms with E-state index in [9.17, 15) is 9.59 Å². The third-order valence-electron chi connectivity index (χ3n) is 8.04. The van der Waals surface area contributed by atoms with Crippen LogP contribution in [0, 0.1) is 11.3 Å². The first-order valence-corrected chi connectivity index (χ1v) is 13.4. The number of hydrogen-bond donors (Lipinski definition) is 1. The predicted octanol–water partition coefficient (Wildman–Crippen LogP) is 4.42. The summed E-state index contributed by atoms with van der Waals surface area (Å²) in [6.07, 6.45) is 3.57. The zero-order chi connectivity index (χ0) is 26.4. The van der Waals surface area contributed by atoms with Crippen LogP contribution in [0.25, 0.3) is 0 Å². The van der Waals surface area contributed by atoms with Gasteiger partial charge in [-0.1, -0.05) is 38.1 Å². The Kier molecular flexibility index (Phi) is 8.75. The zero-order valence-electron chi connectivity index (χ0n) is 22.7. The van der Waals surface area contributed by atoms with Crippen LogP contribution >= 0.6 is 0 Å². The molecule has 0 saturated carbocycles. The summed E-state index contributed by atoms with van der Waals surface area (Å²) in [7, 11) is 3.32. The van der Waals surface area contributed by atoms with Gasteiger partial charge in [0.15, 0.2) is 0 Å². The molecule has 1 atom stereocenters. The van der Waals surface area contributed by atoms with Gasteiger partial charge in [-0.25, -0.2) is 0 Å². The Morgan fingerprint density at radius 1 is 0.919 bits per heavy atom. The fraction of sp³-hybridized carbons (Fsp3) is 0.533. The summed E-state index contributed by atoms with van der Waals surface area (Å²) in [6.45, 7) is 8.03. The van der Waals surface area contributed by atoms with Gasteiger partial charge in [0.05, 0.1) is 25.7 Å². The van der Waals surface area contributed by atoms with Crippen LogP contribution in [-0.4, -0.2) is 62.0 Å². The second kappa shape index (κ2) is 12.0. The molecule has 0 radical (unpaired) electrons. The Balaban J connectivity index is 1.31. The molecular weight excluding hydrogens is 466 g/mol. The Morgan fingerprint density at radius 3 is 2.05 bits per heavy atom. The SMILES string of the molecule is COc1ccc(CN2CCC3(CCN(CCC(NC(=O)C(C)C)c4ccc(OC)cc4)CC3)C2=O)cc1. The summed E-state index contributed by atoms with van der Waals surface area (Å²) in [5, 5.41) is 3.23. The van der Waals surface area contributed by atoms with Gasteiger partial charge in [0.2, 0.25) is 11.8 Å². The van der Waals surface area contributed by atoms with Gasteiger partial charge in [-0.05, 0) is 74.2 Å². The summed E-state index contributed by atoms with van der Waals surface area (Å²) in [5.41, 5.74) is 2.00. The molecule has 37 heavy (non-hydrogen) atoms. The highest BCUT2D eigenvalue weighted by atomic mass is 16.5. The first kappa shape index (κ1) is 27.0. The lowest BCUT2D eigenvalue weighted by Gasteiger charge is -2.38. The number of piperidine rings is 1. The van der Waals surface area contributed by atoms with Crippen LogP contribution in [0.3, 0.4) is 0 Å². The zero-order valence-corrected chi connectivity index (χ0v) is 22.7. The highest BCUT2D eigenvalue weighted by Gasteiger charge is 2.47. The van der Waals surface area contributed by atoms with Crippen molar-refractivity contribution in [3.63, 3.8) is 0 Å². The Labute approximate surface area is 221 Å². The van der Waals surface area contributed by atoms with Gasteiger partial charge in [0, 0.05) is 25.6 Å². The minimum atomic E-state index is -0.218. The molecule has 4 rings (SSSR count). The molecule has 1 N–H and O–H groups in total. The quantitative estimate of drug-likeness (QED) is 0.516. The lowest BCUT2D eigenvalue weighted by atomic mass is 9.77. The van der Waals surface area contributed by atoms with Crippen LogP contribution in [0.2, 0.25) is 0 Å². The van der Waals surface area contributed by atoms with Crippen molar-refractivity contribution >= 4 is 11.8 Å². The van der Waals surface area contributed by atoms with Gasteiger partial charge in [-0.15, -0.1) is 0 Å². The highest BCUT2D eigenvalue weighted by molar-refractivity contribution is 5.85. The van der Waals surface area contributed by atoms with Crippen molar-refractivity contribution in [2.45, 2.75) is 52.1 Å². The fourth-order valence-corrected chi connectivity index (χ4v) is 5.47. The van der Waals surface area contributed by atoms with Crippen LogP contribution in [0.4, 0.5) is 0 Å². The standard InChI is InChI=1S/C30H41N3O4/c1-22(2)28(34)31-27(24-7-11-26(37-4)12-8-24)13-17-32-18-14-30(15-19-32)16-20-33(29(30)35)21-23-5-9-25(36-3)10-6-23/h5-12,22,27H,13-21H2,1-4H3,(H,31,34). The molecule has 2 fully saturated rings. The topological polar surface area (TPSA) is 71.1 Å². The number of carbonyl (C=O) groups excluding carboxylic acids is 2. The van der Waals surface area contributed by atoms with Crippen molar-refractivity contribution < 1.29 is 19.1 Å². The van der Waals surface area contributed by atoms with Crippen LogP contribution in [0.1, 0.15) is 56.7 Å². The summed E-state index contributed by atoms with van der Waals surface area (Å²) in [4.78, 5) is 30.4. The first-order valence-electron chi connectivity index (χ1n) is 13.4. The number of nitrogens with zero attached hydrogens (tertiary/aromatic N) is 2. The van der Waals surface area contributed by atoms with Crippen molar-refractivity contribution in [3.8, 4) is 11.5 Å². The number of carbonyl (C=O) groups is 2. The summed E-state index contributed by atoms with van der Waals surface area (Å²) < 4.78 is 10.5. The van der Waals surface area contributed by atoms with Gasteiger partial charge < -0.3 is 24.6 Å². The van der Waals surface area contributed by atoms with Gasteiger partial charge in [0.25, 0.3) is 0 Å². The maximum atomic E-state index is 13.4. The Morgan fingerprint density at radius 2 is 1.49 bits per heavy atom. The van der Waals surface area contributed by atoms with Crippen LogP contribution in [-0.2, 0) is 16.1 Å². The lowest BCUT2D eigenvalue weighted by molar-refractivity contribution is -0.139. The third kappa shape index (κ3) is 6.45. The number of amides is 2. The van der Waals surface area contributed by atoms with Crippen molar-refractivity contribution in [2.24, 2.45) is 11.3 Å². The second-order valence-corrected chi connectivity index (χ2v) is 10.7. The number of nitrogens with one attached hydrogen (secondary N) is 1. The number of likely N-dealkylation sites (tertiary alicyclic amines) is 2. The molecule has 1 spiro atoms. The third-order valence-corrected chi connectivity index (χ3v) is 8.04. The van der Waals surface area contributed by atoms with Crippen molar-refractivity contribution in [1.29, 1.82) is 0 Å². The van der Waals surface area contributed by atoms with E-state index in [0.717, 1.165) is 74.5 Å². The van der Waals surface area contributed by atoms with Crippen LogP contribution < -0.4 is 14.8 Å². The summed E-state index contributed by atoms with van der Waals surface area (Å²) in [6, 6.07) is 15.9. The second-order valence-electron chi connectivity index (χ2n) is 10.7. The number of rotatable bonds is 10. The maximum Gasteiger partial charge on any atom is 0.229 e. The van der Waals surface area contributed by atoms with Gasteiger partial charge in [0.1, 0.15) is 11.5 Å². The van der Waals surface area contributed by atoms with Crippen LogP contribution in [0.5, 0.6) is 11.5 Å². The molecule has 2 amide bonds. The van der Waals surface area contributed by atoms with Crippen molar-refractivity contribution in [1.82, 2.24) is 15.1 Å². The van der Waals surface area contributed by atoms with Crippen molar-refractivity contribution in [2.75, 3.05) is 40.4 Å². The molecule has 0 bridgehead atoms. The Hall–Kier alpha value is -3.06. The first-order chi connectivity index (χ1) is 17.8. The van der Waals surface area contributed by atoms with E-state index in [2.05, 4.69) is 10.2 Å². The average molecular weight is 508 g/mol. The number of methoxy groups -OCH3 is 2. The van der Waals surface area contributed by atoms with Gasteiger partial charge >= 0.3 is 0 Å². The van der Waals surface area contributed by atoms with E-state index in [4.69, 9.17) is 9.47 Å². The molecule has 2 aliphatic rings. The van der Waals surface area contributed by atoms with Crippen molar-refractivity contribution in [3.05, 3.63) is 59.7 Å². The monoisotopic (exact) mass is 507 g/mol. The smallest absolute Gasteiger partial charge is 0.229 e. The van der Waals surface area contributed by atoms with E-state index < -0.39 is 0 Å². The lowest BCUT2D eigenvalue weighted by Crippen LogP contribution is -2.45. The van der Waals surface area contributed by atoms with Gasteiger partial charge in [-0.2, -0.15) is 0 Å². The molecule has 2 aliphatic heterocycles. The van der Waals surface area contributed by atoms with E-state index in [1.807, 2.05) is 67.3 Å². The molecule has 0 aliphatic carbocycles. The highest BCUT2D eigenvalue weighted by Crippen LogP contribution is 2.42. The molecule has 200 valence electrons. The normalized spacial score (nSPS) is 18.3. The van der Waals surface area contributed by atoms with Crippen LogP contribution in [0.15, 0.2) is 48.5 Å². The fourth-order valence-electron chi connectivity index (χ4n) is 5.47. The van der Waals surface area contributed by atoms with E-state index in [-0.39, 0.29) is 23.3 Å². The van der Waals surface area contributed by atoms with Gasteiger partial charge in [-0.3, -0.25) is 9.59 Å². The summed E-state index contributed by atoms with van der Waals surface area (Å²) in [5.74, 6) is 1.94. The van der Waals surface area contributed by atoms with E-state index in [0.29, 0.717) is 12.5 Å². The molecule has 1 unspecified atom stereocenters. The molecule has 2 heterocycles. The molecule has 2 saturated heterocycles. The number of benzene rings is 2.